The first-order valence-electron chi connectivity index (χ1n) is 5.27. The molecule has 0 saturated carbocycles. The molecule has 1 fully saturated rings. The van der Waals surface area contributed by atoms with Gasteiger partial charge in [0.05, 0.1) is 9.85 Å². The van der Waals surface area contributed by atoms with Gasteiger partial charge in [-0.3, -0.25) is 20.2 Å². The first-order valence-corrected chi connectivity index (χ1v) is 5.27. The fourth-order valence-electron chi connectivity index (χ4n) is 1.98. The van der Waals surface area contributed by atoms with Crippen LogP contribution in [0.3, 0.4) is 0 Å². The molecule has 1 saturated heterocycles. The molecule has 0 bridgehead atoms. The number of nitrogens with zero attached hydrogens (tertiary/aromatic N) is 3. The van der Waals surface area contributed by atoms with E-state index in [1.165, 1.54) is 12.1 Å². The van der Waals surface area contributed by atoms with E-state index in [0.29, 0.717) is 5.69 Å². The van der Waals surface area contributed by atoms with Crippen LogP contribution in [0, 0.1) is 20.2 Å². The summed E-state index contributed by atoms with van der Waals surface area (Å²) in [7, 11) is 0. The third kappa shape index (κ3) is 2.17. The van der Waals surface area contributed by atoms with Crippen molar-refractivity contribution in [2.75, 3.05) is 18.0 Å². The minimum atomic E-state index is -0.730. The molecule has 1 aliphatic rings. The Hall–Kier alpha value is -2.18. The summed E-state index contributed by atoms with van der Waals surface area (Å²) in [5.74, 6) is 0. The van der Waals surface area contributed by atoms with Gasteiger partial charge in [0.2, 0.25) is 0 Å². The van der Waals surface area contributed by atoms with Crippen molar-refractivity contribution in [1.29, 1.82) is 0 Å². The van der Waals surface area contributed by atoms with E-state index in [9.17, 15) is 20.2 Å². The maximum atomic E-state index is 10.8. The van der Waals surface area contributed by atoms with Crippen LogP contribution in [0.1, 0.15) is 12.8 Å². The highest BCUT2D eigenvalue weighted by Crippen LogP contribution is 2.32. The molecular weight excluding hydrogens is 226 g/mol. The van der Waals surface area contributed by atoms with Crippen LogP contribution < -0.4 is 4.90 Å². The Labute approximate surface area is 97.0 Å². The summed E-state index contributed by atoms with van der Waals surface area (Å²) in [6, 6.07) is 4.05. The van der Waals surface area contributed by atoms with E-state index in [1.807, 2.05) is 4.90 Å². The summed E-state index contributed by atoms with van der Waals surface area (Å²) < 4.78 is 0. The number of rotatable bonds is 3. The van der Waals surface area contributed by atoms with E-state index < -0.39 is 21.2 Å². The lowest BCUT2D eigenvalue weighted by atomic mass is 10.2. The Bertz CT molecular complexity index is 469. The summed E-state index contributed by atoms with van der Waals surface area (Å²) in [6.45, 7) is 1.68. The molecule has 0 aromatic heterocycles. The minimum absolute atomic E-state index is 0.445. The van der Waals surface area contributed by atoms with Gasteiger partial charge in [0.15, 0.2) is 0 Å². The van der Waals surface area contributed by atoms with Crippen LogP contribution in [-0.4, -0.2) is 22.9 Å². The lowest BCUT2D eigenvalue weighted by Crippen LogP contribution is -2.17. The molecule has 1 aromatic carbocycles. The average molecular weight is 237 g/mol. The Balaban J connectivity index is 2.41. The zero-order valence-electron chi connectivity index (χ0n) is 9.04. The van der Waals surface area contributed by atoms with Gasteiger partial charge in [-0.15, -0.1) is 0 Å². The number of nitro groups is 2. The quantitative estimate of drug-likeness (QED) is 0.593. The SMILES string of the molecule is O=[N+]([O-])c1ccc(N2CCCC2)cc1[N+](=O)[O-]. The largest absolute Gasteiger partial charge is 0.371 e. The maximum Gasteiger partial charge on any atom is 0.348 e. The van der Waals surface area contributed by atoms with E-state index in [-0.39, 0.29) is 0 Å². The lowest BCUT2D eigenvalue weighted by molar-refractivity contribution is -0.422. The maximum absolute atomic E-state index is 10.8. The van der Waals surface area contributed by atoms with Crippen molar-refractivity contribution in [1.82, 2.24) is 0 Å². The van der Waals surface area contributed by atoms with Crippen molar-refractivity contribution >= 4 is 17.1 Å². The van der Waals surface area contributed by atoms with Crippen LogP contribution in [0.15, 0.2) is 18.2 Å². The number of anilines is 1. The van der Waals surface area contributed by atoms with Crippen molar-refractivity contribution in [2.24, 2.45) is 0 Å². The molecule has 7 nitrogen and oxygen atoms in total. The first kappa shape index (κ1) is 11.3. The second kappa shape index (κ2) is 4.36. The lowest BCUT2D eigenvalue weighted by Gasteiger charge is -2.16. The van der Waals surface area contributed by atoms with Crippen molar-refractivity contribution in [3.05, 3.63) is 38.4 Å². The predicted octanol–water partition coefficient (Wildman–Crippen LogP) is 2.10. The number of hydrogen-bond acceptors (Lipinski definition) is 5. The van der Waals surface area contributed by atoms with Crippen molar-refractivity contribution < 1.29 is 9.85 Å². The smallest absolute Gasteiger partial charge is 0.348 e. The minimum Gasteiger partial charge on any atom is -0.371 e. The van der Waals surface area contributed by atoms with Gasteiger partial charge in [0.25, 0.3) is 0 Å². The topological polar surface area (TPSA) is 89.5 Å². The molecule has 1 heterocycles. The Morgan fingerprint density at radius 2 is 1.59 bits per heavy atom. The highest BCUT2D eigenvalue weighted by molar-refractivity contribution is 5.63. The fraction of sp³-hybridized carbons (Fsp3) is 0.400. The van der Waals surface area contributed by atoms with Crippen LogP contribution in [-0.2, 0) is 0 Å². The van der Waals surface area contributed by atoms with Crippen LogP contribution >= 0.6 is 0 Å². The third-order valence-corrected chi connectivity index (χ3v) is 2.82. The predicted molar refractivity (Wildman–Crippen MR) is 61.2 cm³/mol. The zero-order valence-corrected chi connectivity index (χ0v) is 9.04. The van der Waals surface area contributed by atoms with Crippen LogP contribution in [0.5, 0.6) is 0 Å². The molecule has 0 N–H and O–H groups in total. The van der Waals surface area contributed by atoms with Gasteiger partial charge in [0, 0.05) is 30.9 Å². The standard InChI is InChI=1S/C10H11N3O4/c14-12(15)9-4-3-8(7-10(9)13(16)17)11-5-1-2-6-11/h3-4,7H,1-2,5-6H2. The monoisotopic (exact) mass is 237 g/mol. The van der Waals surface area contributed by atoms with Crippen LogP contribution in [0.25, 0.3) is 0 Å². The van der Waals surface area contributed by atoms with Gasteiger partial charge in [-0.2, -0.15) is 0 Å². The normalized spacial score (nSPS) is 14.9. The molecule has 0 atom stereocenters. The first-order chi connectivity index (χ1) is 8.09. The van der Waals surface area contributed by atoms with Gasteiger partial charge >= 0.3 is 11.4 Å². The van der Waals surface area contributed by atoms with Crippen LogP contribution in [0.2, 0.25) is 0 Å². The molecule has 1 aromatic rings. The van der Waals surface area contributed by atoms with Crippen LogP contribution in [0.4, 0.5) is 17.1 Å². The molecule has 0 unspecified atom stereocenters. The molecule has 2 rings (SSSR count). The summed E-state index contributed by atoms with van der Waals surface area (Å²) in [6.07, 6.45) is 2.09. The molecule has 0 radical (unpaired) electrons. The summed E-state index contributed by atoms with van der Waals surface area (Å²) >= 11 is 0. The van der Waals surface area contributed by atoms with Gasteiger partial charge in [-0.05, 0) is 18.9 Å². The molecule has 1 aliphatic heterocycles. The molecular formula is C10H11N3O4. The van der Waals surface area contributed by atoms with E-state index in [2.05, 4.69) is 0 Å². The number of benzene rings is 1. The Morgan fingerprint density at radius 3 is 2.12 bits per heavy atom. The van der Waals surface area contributed by atoms with E-state index in [1.54, 1.807) is 6.07 Å². The molecule has 7 heteroatoms. The van der Waals surface area contributed by atoms with Crippen molar-refractivity contribution in [2.45, 2.75) is 12.8 Å². The molecule has 0 amide bonds. The summed E-state index contributed by atoms with van der Waals surface area (Å²) in [5.41, 5.74) is -0.225. The Morgan fingerprint density at radius 1 is 1.00 bits per heavy atom. The number of hydrogen-bond donors (Lipinski definition) is 0. The zero-order chi connectivity index (χ0) is 12.4. The van der Waals surface area contributed by atoms with Crippen molar-refractivity contribution in [3.63, 3.8) is 0 Å². The fourth-order valence-corrected chi connectivity index (χ4v) is 1.98. The van der Waals surface area contributed by atoms with E-state index in [0.717, 1.165) is 25.9 Å². The van der Waals surface area contributed by atoms with Gasteiger partial charge < -0.3 is 4.90 Å². The van der Waals surface area contributed by atoms with Gasteiger partial charge in [-0.25, -0.2) is 0 Å². The number of nitro benzene ring substituents is 2. The molecule has 0 aliphatic carbocycles. The second-order valence-electron chi connectivity index (χ2n) is 3.88. The third-order valence-electron chi connectivity index (χ3n) is 2.82. The second-order valence-corrected chi connectivity index (χ2v) is 3.88. The molecule has 17 heavy (non-hydrogen) atoms. The summed E-state index contributed by atoms with van der Waals surface area (Å²) in [4.78, 5) is 22.0. The Kier molecular flexibility index (Phi) is 2.90. The molecule has 0 spiro atoms. The van der Waals surface area contributed by atoms with E-state index in [4.69, 9.17) is 0 Å². The van der Waals surface area contributed by atoms with Crippen molar-refractivity contribution in [3.8, 4) is 0 Å². The molecule has 90 valence electrons. The van der Waals surface area contributed by atoms with E-state index >= 15 is 0 Å². The summed E-state index contributed by atoms with van der Waals surface area (Å²) in [5, 5.41) is 21.4. The highest BCUT2D eigenvalue weighted by Gasteiger charge is 2.25. The average Bonchev–Trinajstić information content (AvgIpc) is 2.81. The van der Waals surface area contributed by atoms with Gasteiger partial charge in [-0.1, -0.05) is 0 Å². The van der Waals surface area contributed by atoms with Gasteiger partial charge in [0.1, 0.15) is 0 Å². The highest BCUT2D eigenvalue weighted by atomic mass is 16.6.